The molecule has 1 aromatic rings. The molecule has 0 aliphatic heterocycles. The highest BCUT2D eigenvalue weighted by atomic mass is 16.5. The summed E-state index contributed by atoms with van der Waals surface area (Å²) in [5.74, 6) is 0.634. The molecular weight excluding hydrogens is 306 g/mol. The minimum atomic E-state index is -0.115. The van der Waals surface area contributed by atoms with Crippen LogP contribution in [0.15, 0.2) is 18.2 Å². The van der Waals surface area contributed by atoms with Crippen LogP contribution in [0.4, 0.5) is 10.5 Å². The van der Waals surface area contributed by atoms with Crippen LogP contribution in [0.5, 0.6) is 5.75 Å². The van der Waals surface area contributed by atoms with Gasteiger partial charge in [0.25, 0.3) is 0 Å². The second-order valence-corrected chi connectivity index (χ2v) is 6.19. The molecule has 1 fully saturated rings. The quantitative estimate of drug-likeness (QED) is 0.749. The van der Waals surface area contributed by atoms with Crippen molar-refractivity contribution in [3.05, 3.63) is 23.8 Å². The van der Waals surface area contributed by atoms with E-state index in [0.29, 0.717) is 19.0 Å². The number of hydrogen-bond donors (Lipinski definition) is 3. The number of anilines is 1. The number of hydrogen-bond acceptors (Lipinski definition) is 3. The van der Waals surface area contributed by atoms with Crippen molar-refractivity contribution in [2.75, 3.05) is 19.0 Å². The van der Waals surface area contributed by atoms with Crippen LogP contribution in [-0.4, -0.2) is 31.6 Å². The van der Waals surface area contributed by atoms with E-state index in [1.54, 1.807) is 13.2 Å². The first-order valence-corrected chi connectivity index (χ1v) is 8.57. The first-order chi connectivity index (χ1) is 11.6. The predicted molar refractivity (Wildman–Crippen MR) is 94.4 cm³/mol. The summed E-state index contributed by atoms with van der Waals surface area (Å²) < 4.78 is 5.34. The van der Waals surface area contributed by atoms with E-state index >= 15 is 0 Å². The first kappa shape index (κ1) is 18.1. The molecule has 6 heteroatoms. The van der Waals surface area contributed by atoms with Crippen LogP contribution < -0.4 is 20.7 Å². The predicted octanol–water partition coefficient (Wildman–Crippen LogP) is 2.83. The van der Waals surface area contributed by atoms with Gasteiger partial charge in [-0.15, -0.1) is 0 Å². The number of methoxy groups -OCH3 is 1. The van der Waals surface area contributed by atoms with Crippen molar-refractivity contribution < 1.29 is 14.3 Å². The van der Waals surface area contributed by atoms with Crippen LogP contribution >= 0.6 is 0 Å². The van der Waals surface area contributed by atoms with E-state index in [4.69, 9.17) is 4.74 Å². The van der Waals surface area contributed by atoms with Gasteiger partial charge in [0.2, 0.25) is 5.91 Å². The largest absolute Gasteiger partial charge is 0.496 e. The molecule has 2 rings (SSSR count). The third-order valence-electron chi connectivity index (χ3n) is 4.22. The SMILES string of the molecule is COc1ccc(NC(C)=O)cc1CCNC(=O)NC1CCCCC1. The van der Waals surface area contributed by atoms with E-state index < -0.39 is 0 Å². The lowest BCUT2D eigenvalue weighted by Gasteiger charge is -2.22. The fourth-order valence-corrected chi connectivity index (χ4v) is 3.05. The second kappa shape index (κ2) is 9.15. The van der Waals surface area contributed by atoms with Crippen LogP contribution in [0.3, 0.4) is 0 Å². The number of nitrogens with one attached hydrogen (secondary N) is 3. The molecule has 3 amide bonds. The van der Waals surface area contributed by atoms with Gasteiger partial charge in [0.05, 0.1) is 7.11 Å². The monoisotopic (exact) mass is 333 g/mol. The molecule has 0 atom stereocenters. The molecule has 0 unspecified atom stereocenters. The third kappa shape index (κ3) is 5.76. The standard InChI is InChI=1S/C18H27N3O3/c1-13(22)20-16-8-9-17(24-2)14(12-16)10-11-19-18(23)21-15-6-4-3-5-7-15/h8-9,12,15H,3-7,10-11H2,1-2H3,(H,20,22)(H2,19,21,23). The maximum Gasteiger partial charge on any atom is 0.315 e. The maximum absolute atomic E-state index is 12.0. The van der Waals surface area contributed by atoms with Crippen LogP contribution in [0.25, 0.3) is 0 Å². The molecule has 6 nitrogen and oxygen atoms in total. The Kier molecular flexibility index (Phi) is 6.90. The summed E-state index contributed by atoms with van der Waals surface area (Å²) >= 11 is 0. The number of rotatable bonds is 6. The van der Waals surface area contributed by atoms with Gasteiger partial charge < -0.3 is 20.7 Å². The molecule has 0 bridgehead atoms. The van der Waals surface area contributed by atoms with Gasteiger partial charge in [0.1, 0.15) is 5.75 Å². The average Bonchev–Trinajstić information content (AvgIpc) is 2.55. The molecule has 132 valence electrons. The molecule has 0 spiro atoms. The van der Waals surface area contributed by atoms with E-state index in [1.807, 2.05) is 12.1 Å². The Bertz CT molecular complexity index is 569. The normalized spacial score (nSPS) is 14.8. The zero-order valence-corrected chi connectivity index (χ0v) is 14.5. The topological polar surface area (TPSA) is 79.5 Å². The molecule has 0 heterocycles. The molecule has 24 heavy (non-hydrogen) atoms. The molecule has 1 aliphatic carbocycles. The van der Waals surface area contributed by atoms with Gasteiger partial charge >= 0.3 is 6.03 Å². The highest BCUT2D eigenvalue weighted by Gasteiger charge is 2.15. The number of amides is 3. The van der Waals surface area contributed by atoms with Gasteiger partial charge in [0.15, 0.2) is 0 Å². The second-order valence-electron chi connectivity index (χ2n) is 6.19. The van der Waals surface area contributed by atoms with Gasteiger partial charge in [-0.05, 0) is 43.0 Å². The molecule has 0 aromatic heterocycles. The number of carbonyl (C=O) groups excluding carboxylic acids is 2. The zero-order valence-electron chi connectivity index (χ0n) is 14.5. The molecule has 3 N–H and O–H groups in total. The van der Waals surface area contributed by atoms with E-state index in [-0.39, 0.29) is 11.9 Å². The number of benzene rings is 1. The Morgan fingerprint density at radius 2 is 1.96 bits per heavy atom. The Morgan fingerprint density at radius 3 is 2.62 bits per heavy atom. The smallest absolute Gasteiger partial charge is 0.315 e. The number of urea groups is 1. The first-order valence-electron chi connectivity index (χ1n) is 8.57. The van der Waals surface area contributed by atoms with Crippen molar-refractivity contribution in [1.82, 2.24) is 10.6 Å². The van der Waals surface area contributed by atoms with E-state index in [9.17, 15) is 9.59 Å². The molecule has 0 saturated heterocycles. The summed E-state index contributed by atoms with van der Waals surface area (Å²) in [6.45, 7) is 1.99. The lowest BCUT2D eigenvalue weighted by Crippen LogP contribution is -2.43. The van der Waals surface area contributed by atoms with Crippen molar-refractivity contribution in [1.29, 1.82) is 0 Å². The lowest BCUT2D eigenvalue weighted by molar-refractivity contribution is -0.114. The molecule has 1 aromatic carbocycles. The molecule has 1 saturated carbocycles. The molecular formula is C18H27N3O3. The summed E-state index contributed by atoms with van der Waals surface area (Å²) in [5.41, 5.74) is 1.67. The highest BCUT2D eigenvalue weighted by molar-refractivity contribution is 5.88. The van der Waals surface area contributed by atoms with E-state index in [1.165, 1.54) is 26.2 Å². The fourth-order valence-electron chi connectivity index (χ4n) is 3.05. The number of ether oxygens (including phenoxy) is 1. The summed E-state index contributed by atoms with van der Waals surface area (Å²) in [6.07, 6.45) is 6.43. The zero-order chi connectivity index (χ0) is 17.4. The van der Waals surface area contributed by atoms with Crippen LogP contribution in [0, 0.1) is 0 Å². The summed E-state index contributed by atoms with van der Waals surface area (Å²) in [6, 6.07) is 5.69. The van der Waals surface area contributed by atoms with E-state index in [2.05, 4.69) is 16.0 Å². The summed E-state index contributed by atoms with van der Waals surface area (Å²) in [4.78, 5) is 23.1. The van der Waals surface area contributed by atoms with Gasteiger partial charge in [-0.2, -0.15) is 0 Å². The van der Waals surface area contributed by atoms with Gasteiger partial charge in [-0.3, -0.25) is 4.79 Å². The number of carbonyl (C=O) groups is 2. The Morgan fingerprint density at radius 1 is 1.21 bits per heavy atom. The van der Waals surface area contributed by atoms with Gasteiger partial charge in [0, 0.05) is 25.2 Å². The Labute approximate surface area is 143 Å². The Hall–Kier alpha value is -2.24. The van der Waals surface area contributed by atoms with Crippen LogP contribution in [0.1, 0.15) is 44.6 Å². The van der Waals surface area contributed by atoms with Crippen molar-refractivity contribution in [3.8, 4) is 5.75 Å². The highest BCUT2D eigenvalue weighted by Crippen LogP contribution is 2.23. The minimum Gasteiger partial charge on any atom is -0.496 e. The fraction of sp³-hybridized carbons (Fsp3) is 0.556. The van der Waals surface area contributed by atoms with Crippen LogP contribution in [-0.2, 0) is 11.2 Å². The van der Waals surface area contributed by atoms with Crippen molar-refractivity contribution in [3.63, 3.8) is 0 Å². The third-order valence-corrected chi connectivity index (χ3v) is 4.22. The average molecular weight is 333 g/mol. The van der Waals surface area contributed by atoms with Gasteiger partial charge in [-0.1, -0.05) is 19.3 Å². The molecule has 1 aliphatic rings. The molecule has 0 radical (unpaired) electrons. The maximum atomic E-state index is 12.0. The van der Waals surface area contributed by atoms with Gasteiger partial charge in [-0.25, -0.2) is 4.79 Å². The lowest BCUT2D eigenvalue weighted by atomic mass is 9.96. The summed E-state index contributed by atoms with van der Waals surface area (Å²) in [5, 5.41) is 8.69. The van der Waals surface area contributed by atoms with Crippen LogP contribution in [0.2, 0.25) is 0 Å². The minimum absolute atomic E-state index is 0.112. The van der Waals surface area contributed by atoms with Crippen molar-refractivity contribution >= 4 is 17.6 Å². The summed E-state index contributed by atoms with van der Waals surface area (Å²) in [7, 11) is 1.61. The van der Waals surface area contributed by atoms with E-state index in [0.717, 1.165) is 29.8 Å². The van der Waals surface area contributed by atoms with Crippen molar-refractivity contribution in [2.45, 2.75) is 51.5 Å². The Balaban J connectivity index is 1.83. The van der Waals surface area contributed by atoms with Crippen molar-refractivity contribution in [2.24, 2.45) is 0 Å².